The molecule has 0 aliphatic carbocycles. The molecule has 1 aliphatic rings. The Balaban J connectivity index is 1.17. The molecular formula is C34H35BrNO5-. The SMILES string of the molecule is O=C([O-])N1CCC(c2ccc(OCCCOCc3ccccc3)cc2)C(OCc2ccc3cccc(CBr)c3c2)C1. The Bertz CT molecular complexity index is 1410. The van der Waals surface area contributed by atoms with Crippen LogP contribution in [0.4, 0.5) is 4.79 Å². The van der Waals surface area contributed by atoms with Crippen LogP contribution in [-0.4, -0.2) is 43.4 Å². The molecule has 0 bridgehead atoms. The van der Waals surface area contributed by atoms with Crippen molar-refractivity contribution in [3.8, 4) is 5.75 Å². The van der Waals surface area contributed by atoms with Crippen molar-refractivity contribution in [2.75, 3.05) is 26.3 Å². The maximum Gasteiger partial charge on any atom is 0.137 e. The number of hydrogen-bond acceptors (Lipinski definition) is 5. The van der Waals surface area contributed by atoms with Gasteiger partial charge in [-0.05, 0) is 57.6 Å². The molecule has 0 saturated carbocycles. The highest BCUT2D eigenvalue weighted by molar-refractivity contribution is 9.08. The molecule has 4 aromatic rings. The van der Waals surface area contributed by atoms with Crippen molar-refractivity contribution in [1.29, 1.82) is 0 Å². The van der Waals surface area contributed by atoms with Crippen LogP contribution in [0.2, 0.25) is 0 Å². The number of halogens is 1. The van der Waals surface area contributed by atoms with E-state index in [-0.39, 0.29) is 18.6 Å². The second-order valence-electron chi connectivity index (χ2n) is 10.4. The van der Waals surface area contributed by atoms with Gasteiger partial charge in [0.2, 0.25) is 0 Å². The third kappa shape index (κ3) is 7.88. The van der Waals surface area contributed by atoms with E-state index < -0.39 is 6.09 Å². The van der Waals surface area contributed by atoms with E-state index in [0.29, 0.717) is 39.4 Å². The van der Waals surface area contributed by atoms with Gasteiger partial charge >= 0.3 is 0 Å². The lowest BCUT2D eigenvalue weighted by molar-refractivity contribution is -0.268. The first kappa shape index (κ1) is 29.1. The molecule has 2 unspecified atom stereocenters. The summed E-state index contributed by atoms with van der Waals surface area (Å²) in [6, 6.07) is 30.9. The Labute approximate surface area is 250 Å². The number of carbonyl (C=O) groups excluding carboxylic acids is 1. The average Bonchev–Trinajstić information content (AvgIpc) is 3.02. The number of amides is 1. The van der Waals surface area contributed by atoms with Gasteiger partial charge in [0, 0.05) is 30.8 Å². The van der Waals surface area contributed by atoms with Crippen LogP contribution in [-0.2, 0) is 28.0 Å². The van der Waals surface area contributed by atoms with Crippen LogP contribution in [0.25, 0.3) is 10.8 Å². The quantitative estimate of drug-likeness (QED) is 0.135. The molecule has 0 radical (unpaired) electrons. The highest BCUT2D eigenvalue weighted by atomic mass is 79.9. The number of fused-ring (bicyclic) bond motifs is 1. The molecule has 4 aromatic carbocycles. The van der Waals surface area contributed by atoms with Gasteiger partial charge in [0.25, 0.3) is 0 Å². The minimum Gasteiger partial charge on any atom is -0.530 e. The summed E-state index contributed by atoms with van der Waals surface area (Å²) >= 11 is 3.58. The summed E-state index contributed by atoms with van der Waals surface area (Å²) in [5, 5.41) is 14.8. The zero-order valence-electron chi connectivity index (χ0n) is 23.0. The predicted octanol–water partition coefficient (Wildman–Crippen LogP) is 6.44. The first-order valence-corrected chi connectivity index (χ1v) is 15.2. The first-order valence-electron chi connectivity index (χ1n) is 14.1. The fourth-order valence-electron chi connectivity index (χ4n) is 5.35. The van der Waals surface area contributed by atoms with E-state index in [1.54, 1.807) is 0 Å². The molecule has 1 heterocycles. The summed E-state index contributed by atoms with van der Waals surface area (Å²) in [6.07, 6.45) is 0.0414. The fraction of sp³-hybridized carbons (Fsp3) is 0.324. The number of likely N-dealkylation sites (tertiary alicyclic amines) is 1. The van der Waals surface area contributed by atoms with Crippen LogP contribution in [0, 0.1) is 0 Å². The van der Waals surface area contributed by atoms with Gasteiger partial charge in [0.15, 0.2) is 0 Å². The minimum atomic E-state index is -1.15. The maximum absolute atomic E-state index is 11.6. The predicted molar refractivity (Wildman–Crippen MR) is 162 cm³/mol. The summed E-state index contributed by atoms with van der Waals surface area (Å²) in [7, 11) is 0. The number of piperidine rings is 1. The molecule has 214 valence electrons. The molecule has 1 saturated heterocycles. The Morgan fingerprint density at radius 3 is 2.51 bits per heavy atom. The van der Waals surface area contributed by atoms with Gasteiger partial charge < -0.3 is 29.0 Å². The molecule has 7 heteroatoms. The molecule has 1 aliphatic heterocycles. The average molecular weight is 618 g/mol. The van der Waals surface area contributed by atoms with E-state index in [0.717, 1.165) is 34.2 Å². The molecule has 41 heavy (non-hydrogen) atoms. The smallest absolute Gasteiger partial charge is 0.137 e. The van der Waals surface area contributed by atoms with Gasteiger partial charge in [-0.15, -0.1) is 0 Å². The highest BCUT2D eigenvalue weighted by Crippen LogP contribution is 2.32. The zero-order valence-corrected chi connectivity index (χ0v) is 24.6. The Morgan fingerprint density at radius 1 is 0.902 bits per heavy atom. The Kier molecular flexibility index (Phi) is 10.3. The van der Waals surface area contributed by atoms with E-state index in [9.17, 15) is 9.90 Å². The summed E-state index contributed by atoms with van der Waals surface area (Å²) in [5.41, 5.74) is 4.57. The lowest BCUT2D eigenvalue weighted by Crippen LogP contribution is -2.51. The lowest BCUT2D eigenvalue weighted by Gasteiger charge is -2.40. The molecule has 1 amide bonds. The van der Waals surface area contributed by atoms with Crippen LogP contribution in [0.15, 0.2) is 91.0 Å². The summed E-state index contributed by atoms with van der Waals surface area (Å²) in [6.45, 7) is 2.94. The number of carbonyl (C=O) groups is 1. The van der Waals surface area contributed by atoms with Crippen LogP contribution in [0.3, 0.4) is 0 Å². The van der Waals surface area contributed by atoms with Crippen molar-refractivity contribution in [2.24, 2.45) is 0 Å². The molecule has 0 aromatic heterocycles. The third-order valence-corrected chi connectivity index (χ3v) is 8.19. The van der Waals surface area contributed by atoms with E-state index in [1.165, 1.54) is 21.2 Å². The fourth-order valence-corrected chi connectivity index (χ4v) is 5.84. The Morgan fingerprint density at radius 2 is 1.73 bits per heavy atom. The number of ether oxygens (including phenoxy) is 3. The van der Waals surface area contributed by atoms with Crippen LogP contribution in [0.1, 0.15) is 41.0 Å². The van der Waals surface area contributed by atoms with Crippen molar-refractivity contribution in [3.63, 3.8) is 0 Å². The van der Waals surface area contributed by atoms with Gasteiger partial charge in [0.1, 0.15) is 11.8 Å². The monoisotopic (exact) mass is 616 g/mol. The number of hydrogen-bond donors (Lipinski definition) is 0. The summed E-state index contributed by atoms with van der Waals surface area (Å²) < 4.78 is 18.1. The molecular weight excluding hydrogens is 582 g/mol. The van der Waals surface area contributed by atoms with Crippen LogP contribution in [0.5, 0.6) is 5.75 Å². The van der Waals surface area contributed by atoms with Crippen molar-refractivity contribution < 1.29 is 24.1 Å². The zero-order chi connectivity index (χ0) is 28.4. The first-order chi connectivity index (χ1) is 20.1. The number of benzene rings is 4. The van der Waals surface area contributed by atoms with Crippen LogP contribution >= 0.6 is 15.9 Å². The maximum atomic E-state index is 11.6. The third-order valence-electron chi connectivity index (χ3n) is 7.58. The van der Waals surface area contributed by atoms with E-state index in [2.05, 4.69) is 76.6 Å². The van der Waals surface area contributed by atoms with Crippen molar-refractivity contribution in [3.05, 3.63) is 113 Å². The topological polar surface area (TPSA) is 71.1 Å². The number of rotatable bonds is 12. The van der Waals surface area contributed by atoms with Gasteiger partial charge in [-0.1, -0.05) is 88.7 Å². The normalized spacial score (nSPS) is 17.0. The molecule has 6 nitrogen and oxygen atoms in total. The van der Waals surface area contributed by atoms with Crippen molar-refractivity contribution >= 4 is 32.8 Å². The molecule has 0 N–H and O–H groups in total. The van der Waals surface area contributed by atoms with Crippen LogP contribution < -0.4 is 9.84 Å². The van der Waals surface area contributed by atoms with Crippen molar-refractivity contribution in [1.82, 2.24) is 4.90 Å². The van der Waals surface area contributed by atoms with Gasteiger partial charge in [-0.2, -0.15) is 0 Å². The molecule has 2 atom stereocenters. The summed E-state index contributed by atoms with van der Waals surface area (Å²) in [4.78, 5) is 13.0. The summed E-state index contributed by atoms with van der Waals surface area (Å²) in [5.74, 6) is 0.879. The Hall–Kier alpha value is -3.39. The highest BCUT2D eigenvalue weighted by Gasteiger charge is 2.31. The minimum absolute atomic E-state index is 0.0737. The van der Waals surface area contributed by atoms with Gasteiger partial charge in [-0.3, -0.25) is 0 Å². The molecule has 5 rings (SSSR count). The second-order valence-corrected chi connectivity index (χ2v) is 10.9. The number of carboxylic acid groups (broad SMARTS) is 1. The standard InChI is InChI=1S/C34H36BrNO5/c35-21-29-9-4-8-27-11-10-26(20-32(27)29)24-41-33-22-36(34(37)38)17-16-31(33)28-12-14-30(15-13-28)40-19-5-18-39-23-25-6-2-1-3-7-25/h1-4,6-15,20,31,33H,5,16-19,21-24H2,(H,37,38)/p-1. The number of alkyl halides is 1. The van der Waals surface area contributed by atoms with E-state index in [1.807, 2.05) is 30.3 Å². The van der Waals surface area contributed by atoms with Gasteiger partial charge in [-0.25, -0.2) is 0 Å². The van der Waals surface area contributed by atoms with Gasteiger partial charge in [0.05, 0.1) is 32.5 Å². The largest absolute Gasteiger partial charge is 0.530 e. The molecule has 0 spiro atoms. The van der Waals surface area contributed by atoms with E-state index >= 15 is 0 Å². The molecule has 1 fully saturated rings. The second kappa shape index (κ2) is 14.5. The number of nitrogens with zero attached hydrogens (tertiary/aromatic N) is 1. The van der Waals surface area contributed by atoms with Crippen molar-refractivity contribution in [2.45, 2.75) is 43.4 Å². The lowest BCUT2D eigenvalue weighted by atomic mass is 9.87. The van der Waals surface area contributed by atoms with E-state index in [4.69, 9.17) is 14.2 Å².